The van der Waals surface area contributed by atoms with E-state index in [0.29, 0.717) is 12.2 Å². The molecule has 0 unspecified atom stereocenters. The zero-order valence-electron chi connectivity index (χ0n) is 11.1. The van der Waals surface area contributed by atoms with E-state index in [0.717, 1.165) is 30.4 Å². The normalized spacial score (nSPS) is 18.1. The number of carbonyl (C=O) groups is 1. The van der Waals surface area contributed by atoms with Crippen molar-refractivity contribution in [1.82, 2.24) is 10.3 Å². The van der Waals surface area contributed by atoms with Crippen LogP contribution in [-0.2, 0) is 4.74 Å². The molecule has 0 bridgehead atoms. The fraction of sp³-hybridized carbons (Fsp3) is 0.333. The van der Waals surface area contributed by atoms with Gasteiger partial charge < -0.3 is 15.4 Å². The van der Waals surface area contributed by atoms with Crippen molar-refractivity contribution in [1.29, 1.82) is 0 Å². The van der Waals surface area contributed by atoms with Crippen molar-refractivity contribution in [3.8, 4) is 0 Å². The molecular formula is C15H17N3O2. The van der Waals surface area contributed by atoms with Crippen LogP contribution in [0.2, 0.25) is 0 Å². The first-order valence-electron chi connectivity index (χ1n) is 6.83. The third kappa shape index (κ3) is 2.88. The van der Waals surface area contributed by atoms with E-state index in [1.54, 1.807) is 6.20 Å². The van der Waals surface area contributed by atoms with Gasteiger partial charge in [0.2, 0.25) is 0 Å². The molecule has 0 spiro atoms. The fourth-order valence-electron chi connectivity index (χ4n) is 2.38. The Morgan fingerprint density at radius 1 is 1.35 bits per heavy atom. The largest absolute Gasteiger partial charge is 0.376 e. The van der Waals surface area contributed by atoms with Gasteiger partial charge >= 0.3 is 6.03 Å². The molecule has 0 radical (unpaired) electrons. The van der Waals surface area contributed by atoms with E-state index in [9.17, 15) is 4.79 Å². The zero-order chi connectivity index (χ0) is 13.8. The van der Waals surface area contributed by atoms with Gasteiger partial charge in [-0.3, -0.25) is 4.98 Å². The zero-order valence-corrected chi connectivity index (χ0v) is 11.1. The summed E-state index contributed by atoms with van der Waals surface area (Å²) < 4.78 is 5.47. The van der Waals surface area contributed by atoms with E-state index in [4.69, 9.17) is 4.74 Å². The Hall–Kier alpha value is -2.14. The standard InChI is InChI=1S/C15H17N3O2/c19-15(17-10-12-6-3-9-20-12)18-13-7-1-4-11-5-2-8-16-14(11)13/h1-2,4-5,7-8,12H,3,6,9-10H2,(H2,17,18,19)/t12-/m0/s1. The maximum Gasteiger partial charge on any atom is 0.319 e. The lowest BCUT2D eigenvalue weighted by Gasteiger charge is -2.12. The highest BCUT2D eigenvalue weighted by molar-refractivity contribution is 5.99. The molecule has 1 aliphatic rings. The Morgan fingerprint density at radius 3 is 3.10 bits per heavy atom. The van der Waals surface area contributed by atoms with Gasteiger partial charge in [0.05, 0.1) is 17.3 Å². The molecule has 2 N–H and O–H groups in total. The second-order valence-electron chi connectivity index (χ2n) is 4.85. The van der Waals surface area contributed by atoms with Crippen molar-refractivity contribution in [2.24, 2.45) is 0 Å². The second kappa shape index (κ2) is 5.88. The van der Waals surface area contributed by atoms with Crippen LogP contribution in [0.25, 0.3) is 10.9 Å². The lowest BCUT2D eigenvalue weighted by atomic mass is 10.2. The highest BCUT2D eigenvalue weighted by Crippen LogP contribution is 2.20. The molecular weight excluding hydrogens is 254 g/mol. The molecule has 1 aromatic carbocycles. The summed E-state index contributed by atoms with van der Waals surface area (Å²) in [4.78, 5) is 16.2. The maximum absolute atomic E-state index is 11.9. The van der Waals surface area contributed by atoms with E-state index >= 15 is 0 Å². The second-order valence-corrected chi connectivity index (χ2v) is 4.85. The SMILES string of the molecule is O=C(NC[C@@H]1CCCO1)Nc1cccc2cccnc12. The monoisotopic (exact) mass is 271 g/mol. The van der Waals surface area contributed by atoms with Crippen molar-refractivity contribution in [2.45, 2.75) is 18.9 Å². The molecule has 1 saturated heterocycles. The number of pyridine rings is 1. The number of nitrogens with one attached hydrogen (secondary N) is 2. The Labute approximate surface area is 117 Å². The number of anilines is 1. The van der Waals surface area contributed by atoms with E-state index in [2.05, 4.69) is 15.6 Å². The highest BCUT2D eigenvalue weighted by atomic mass is 16.5. The molecule has 5 heteroatoms. The van der Waals surface area contributed by atoms with Crippen LogP contribution >= 0.6 is 0 Å². The van der Waals surface area contributed by atoms with Crippen LogP contribution in [-0.4, -0.2) is 30.3 Å². The minimum atomic E-state index is -0.223. The Balaban J connectivity index is 1.65. The van der Waals surface area contributed by atoms with Gasteiger partial charge in [-0.15, -0.1) is 0 Å². The van der Waals surface area contributed by atoms with Gasteiger partial charge in [-0.25, -0.2) is 4.79 Å². The average molecular weight is 271 g/mol. The molecule has 2 aromatic rings. The molecule has 104 valence electrons. The van der Waals surface area contributed by atoms with Crippen LogP contribution in [0.3, 0.4) is 0 Å². The van der Waals surface area contributed by atoms with Gasteiger partial charge in [-0.2, -0.15) is 0 Å². The van der Waals surface area contributed by atoms with E-state index in [1.165, 1.54) is 0 Å². The maximum atomic E-state index is 11.9. The smallest absolute Gasteiger partial charge is 0.319 e. The summed E-state index contributed by atoms with van der Waals surface area (Å²) in [6.45, 7) is 1.34. The predicted molar refractivity (Wildman–Crippen MR) is 77.7 cm³/mol. The van der Waals surface area contributed by atoms with Gasteiger partial charge in [-0.1, -0.05) is 18.2 Å². The van der Waals surface area contributed by atoms with Gasteiger partial charge in [0.25, 0.3) is 0 Å². The van der Waals surface area contributed by atoms with Crippen LogP contribution in [0, 0.1) is 0 Å². The molecule has 2 heterocycles. The first kappa shape index (κ1) is 12.9. The number of carbonyl (C=O) groups excluding carboxylic acids is 1. The minimum Gasteiger partial charge on any atom is -0.376 e. The lowest BCUT2D eigenvalue weighted by molar-refractivity contribution is 0.112. The number of amides is 2. The van der Waals surface area contributed by atoms with Crippen LogP contribution in [0.1, 0.15) is 12.8 Å². The Bertz CT molecular complexity index is 604. The minimum absolute atomic E-state index is 0.145. The van der Waals surface area contributed by atoms with Gasteiger partial charge in [-0.05, 0) is 25.0 Å². The van der Waals surface area contributed by atoms with Crippen molar-refractivity contribution >= 4 is 22.6 Å². The average Bonchev–Trinajstić information content (AvgIpc) is 2.99. The number of urea groups is 1. The molecule has 3 rings (SSSR count). The van der Waals surface area contributed by atoms with E-state index in [-0.39, 0.29) is 12.1 Å². The quantitative estimate of drug-likeness (QED) is 0.901. The molecule has 0 aliphatic carbocycles. The van der Waals surface area contributed by atoms with Crippen LogP contribution in [0.15, 0.2) is 36.5 Å². The molecule has 2 amide bonds. The number of hydrogen-bond acceptors (Lipinski definition) is 3. The van der Waals surface area contributed by atoms with E-state index < -0.39 is 0 Å². The molecule has 20 heavy (non-hydrogen) atoms. The number of ether oxygens (including phenoxy) is 1. The molecule has 1 aliphatic heterocycles. The molecule has 0 saturated carbocycles. The predicted octanol–water partition coefficient (Wildman–Crippen LogP) is 2.54. The number of aromatic nitrogens is 1. The van der Waals surface area contributed by atoms with Crippen molar-refractivity contribution in [3.63, 3.8) is 0 Å². The third-order valence-electron chi connectivity index (χ3n) is 3.40. The summed E-state index contributed by atoms with van der Waals surface area (Å²) in [6, 6.07) is 9.35. The van der Waals surface area contributed by atoms with Crippen molar-refractivity contribution in [2.75, 3.05) is 18.5 Å². The number of rotatable bonds is 3. The summed E-state index contributed by atoms with van der Waals surface area (Å²) in [5.41, 5.74) is 1.51. The molecule has 5 nitrogen and oxygen atoms in total. The number of hydrogen-bond donors (Lipinski definition) is 2. The first-order chi connectivity index (χ1) is 9.83. The summed E-state index contributed by atoms with van der Waals surface area (Å²) in [6.07, 6.45) is 3.95. The summed E-state index contributed by atoms with van der Waals surface area (Å²) in [5.74, 6) is 0. The van der Waals surface area contributed by atoms with Crippen LogP contribution in [0.5, 0.6) is 0 Å². The third-order valence-corrected chi connectivity index (χ3v) is 3.40. The molecule has 1 atom stereocenters. The number of nitrogens with zero attached hydrogens (tertiary/aromatic N) is 1. The van der Waals surface area contributed by atoms with Gasteiger partial charge in [0.15, 0.2) is 0 Å². The number of para-hydroxylation sites is 1. The Morgan fingerprint density at radius 2 is 2.25 bits per heavy atom. The lowest BCUT2D eigenvalue weighted by Crippen LogP contribution is -2.35. The van der Waals surface area contributed by atoms with Gasteiger partial charge in [0, 0.05) is 24.7 Å². The fourth-order valence-corrected chi connectivity index (χ4v) is 2.38. The summed E-state index contributed by atoms with van der Waals surface area (Å²) >= 11 is 0. The number of benzene rings is 1. The molecule has 1 fully saturated rings. The topological polar surface area (TPSA) is 63.2 Å². The molecule has 1 aromatic heterocycles. The highest BCUT2D eigenvalue weighted by Gasteiger charge is 2.16. The number of fused-ring (bicyclic) bond motifs is 1. The van der Waals surface area contributed by atoms with Crippen molar-refractivity contribution in [3.05, 3.63) is 36.5 Å². The Kier molecular flexibility index (Phi) is 3.78. The summed E-state index contributed by atoms with van der Waals surface area (Å²) in [5, 5.41) is 6.68. The van der Waals surface area contributed by atoms with Gasteiger partial charge in [0.1, 0.15) is 0 Å². The summed E-state index contributed by atoms with van der Waals surface area (Å²) in [7, 11) is 0. The van der Waals surface area contributed by atoms with Crippen LogP contribution < -0.4 is 10.6 Å². The first-order valence-corrected chi connectivity index (χ1v) is 6.83. The van der Waals surface area contributed by atoms with E-state index in [1.807, 2.05) is 30.3 Å². The van der Waals surface area contributed by atoms with Crippen LogP contribution in [0.4, 0.5) is 10.5 Å². The van der Waals surface area contributed by atoms with Crippen molar-refractivity contribution < 1.29 is 9.53 Å².